The molecule has 1 aliphatic rings. The number of nitrogens with one attached hydrogen (secondary N) is 2. The number of rotatable bonds is 3. The summed E-state index contributed by atoms with van der Waals surface area (Å²) in [7, 11) is 0. The first kappa shape index (κ1) is 17.4. The molecule has 3 aromatic rings. The first-order valence-corrected chi connectivity index (χ1v) is 8.83. The summed E-state index contributed by atoms with van der Waals surface area (Å²) < 4.78 is 26.8. The van der Waals surface area contributed by atoms with Gasteiger partial charge in [-0.25, -0.2) is 8.78 Å². The third-order valence-electron chi connectivity index (χ3n) is 5.19. The Morgan fingerprint density at radius 1 is 1.11 bits per heavy atom. The summed E-state index contributed by atoms with van der Waals surface area (Å²) in [6.45, 7) is 1.95. The third kappa shape index (κ3) is 3.47. The van der Waals surface area contributed by atoms with E-state index in [9.17, 15) is 13.6 Å². The predicted molar refractivity (Wildman–Crippen MR) is 99.1 cm³/mol. The number of H-pyrrole nitrogens is 1. The minimum atomic E-state index is -0.668. The molecule has 27 heavy (non-hydrogen) atoms. The van der Waals surface area contributed by atoms with Crippen LogP contribution in [0.15, 0.2) is 48.5 Å². The van der Waals surface area contributed by atoms with Gasteiger partial charge in [0.05, 0.1) is 11.1 Å². The molecule has 0 bridgehead atoms. The minimum absolute atomic E-state index is 0.111. The zero-order valence-corrected chi connectivity index (χ0v) is 14.9. The first-order chi connectivity index (χ1) is 12.9. The Bertz CT molecular complexity index is 994. The van der Waals surface area contributed by atoms with Gasteiger partial charge in [-0.3, -0.25) is 9.89 Å². The molecule has 0 saturated heterocycles. The van der Waals surface area contributed by atoms with Crippen LogP contribution in [0.2, 0.25) is 0 Å². The highest BCUT2D eigenvalue weighted by molar-refractivity contribution is 5.95. The van der Waals surface area contributed by atoms with E-state index in [2.05, 4.69) is 27.6 Å². The minimum Gasteiger partial charge on any atom is -0.309 e. The van der Waals surface area contributed by atoms with Crippen molar-refractivity contribution in [3.05, 3.63) is 71.3 Å². The van der Waals surface area contributed by atoms with Crippen molar-refractivity contribution in [1.29, 1.82) is 0 Å². The number of aromatic amines is 1. The van der Waals surface area contributed by atoms with Crippen LogP contribution >= 0.6 is 0 Å². The quantitative estimate of drug-likeness (QED) is 0.717. The fraction of sp³-hybridized carbons (Fsp3) is 0.238. The molecule has 1 aromatic heterocycles. The lowest BCUT2D eigenvalue weighted by molar-refractivity contribution is -0.125. The van der Waals surface area contributed by atoms with Crippen molar-refractivity contribution in [2.45, 2.75) is 26.2 Å². The molecule has 0 saturated carbocycles. The standard InChI is InChI=1S/C21H19F2N3O/c1-21(7-6-13-4-2-3-5-14(13)12-21)20(27)24-19-11-18(25-26-19)15-8-16(22)10-17(23)9-15/h2-5,8-11H,6-7,12H2,1H3,(H2,24,25,26,27). The van der Waals surface area contributed by atoms with Gasteiger partial charge in [-0.05, 0) is 42.5 Å². The molecule has 2 aromatic carbocycles. The predicted octanol–water partition coefficient (Wildman–Crippen LogP) is 4.49. The second-order valence-electron chi connectivity index (χ2n) is 7.29. The Labute approximate surface area is 155 Å². The van der Waals surface area contributed by atoms with Crippen LogP contribution in [0.3, 0.4) is 0 Å². The lowest BCUT2D eigenvalue weighted by Crippen LogP contribution is -2.38. The summed E-state index contributed by atoms with van der Waals surface area (Å²) in [5, 5.41) is 9.61. The molecule has 0 aliphatic heterocycles. The molecular weight excluding hydrogens is 348 g/mol. The Kier molecular flexibility index (Phi) is 4.26. The summed E-state index contributed by atoms with van der Waals surface area (Å²) in [4.78, 5) is 12.9. The van der Waals surface area contributed by atoms with Gasteiger partial charge in [0.25, 0.3) is 0 Å². The van der Waals surface area contributed by atoms with E-state index in [1.54, 1.807) is 6.07 Å². The van der Waals surface area contributed by atoms with Crippen molar-refractivity contribution in [2.24, 2.45) is 5.41 Å². The molecule has 1 atom stereocenters. The van der Waals surface area contributed by atoms with E-state index in [1.807, 2.05) is 19.1 Å². The lowest BCUT2D eigenvalue weighted by atomic mass is 9.72. The van der Waals surface area contributed by atoms with Crippen LogP contribution in [0.1, 0.15) is 24.5 Å². The van der Waals surface area contributed by atoms with Gasteiger partial charge in [0.1, 0.15) is 11.6 Å². The van der Waals surface area contributed by atoms with Gasteiger partial charge in [0, 0.05) is 17.7 Å². The molecule has 138 valence electrons. The Morgan fingerprint density at radius 3 is 2.56 bits per heavy atom. The normalized spacial score (nSPS) is 18.8. The molecular formula is C21H19F2N3O. The molecule has 2 N–H and O–H groups in total. The van der Waals surface area contributed by atoms with Gasteiger partial charge in [0.15, 0.2) is 5.82 Å². The fourth-order valence-corrected chi connectivity index (χ4v) is 3.60. The summed E-state index contributed by atoms with van der Waals surface area (Å²) in [6, 6.07) is 13.0. The molecule has 1 amide bonds. The van der Waals surface area contributed by atoms with Crippen LogP contribution in [-0.4, -0.2) is 16.1 Å². The second kappa shape index (κ2) is 6.61. The van der Waals surface area contributed by atoms with Crippen molar-refractivity contribution < 1.29 is 13.6 Å². The molecule has 1 unspecified atom stereocenters. The summed E-state index contributed by atoms with van der Waals surface area (Å²) in [6.07, 6.45) is 2.28. The first-order valence-electron chi connectivity index (χ1n) is 8.83. The molecule has 1 aliphatic carbocycles. The van der Waals surface area contributed by atoms with Crippen LogP contribution in [0.5, 0.6) is 0 Å². The van der Waals surface area contributed by atoms with Crippen LogP contribution in [-0.2, 0) is 17.6 Å². The summed E-state index contributed by atoms with van der Waals surface area (Å²) in [5.41, 5.74) is 2.72. The largest absolute Gasteiger partial charge is 0.309 e. The number of hydrogen-bond donors (Lipinski definition) is 2. The maximum Gasteiger partial charge on any atom is 0.231 e. The number of hydrogen-bond acceptors (Lipinski definition) is 2. The van der Waals surface area contributed by atoms with E-state index in [-0.39, 0.29) is 5.91 Å². The number of carbonyl (C=O) groups is 1. The van der Waals surface area contributed by atoms with Gasteiger partial charge in [-0.2, -0.15) is 5.10 Å². The Hall–Kier alpha value is -3.02. The third-order valence-corrected chi connectivity index (χ3v) is 5.19. The van der Waals surface area contributed by atoms with Crippen LogP contribution in [0.25, 0.3) is 11.3 Å². The molecule has 0 radical (unpaired) electrons. The Morgan fingerprint density at radius 2 is 1.81 bits per heavy atom. The smallest absolute Gasteiger partial charge is 0.231 e. The number of anilines is 1. The van der Waals surface area contributed by atoms with Crippen molar-refractivity contribution in [3.8, 4) is 11.3 Å². The zero-order chi connectivity index (χ0) is 19.0. The van der Waals surface area contributed by atoms with Crippen molar-refractivity contribution >= 4 is 11.7 Å². The highest BCUT2D eigenvalue weighted by atomic mass is 19.1. The van der Waals surface area contributed by atoms with E-state index in [4.69, 9.17) is 0 Å². The molecule has 4 rings (SSSR count). The zero-order valence-electron chi connectivity index (χ0n) is 14.9. The number of halogens is 2. The number of carbonyl (C=O) groups excluding carboxylic acids is 1. The van der Waals surface area contributed by atoms with E-state index in [0.29, 0.717) is 23.5 Å². The van der Waals surface area contributed by atoms with E-state index in [1.165, 1.54) is 23.3 Å². The van der Waals surface area contributed by atoms with Crippen molar-refractivity contribution in [1.82, 2.24) is 10.2 Å². The van der Waals surface area contributed by atoms with Crippen LogP contribution < -0.4 is 5.32 Å². The van der Waals surface area contributed by atoms with Gasteiger partial charge in [0.2, 0.25) is 5.91 Å². The van der Waals surface area contributed by atoms with Gasteiger partial charge >= 0.3 is 0 Å². The topological polar surface area (TPSA) is 57.8 Å². The lowest BCUT2D eigenvalue weighted by Gasteiger charge is -2.33. The second-order valence-corrected chi connectivity index (χ2v) is 7.29. The molecule has 1 heterocycles. The fourth-order valence-electron chi connectivity index (χ4n) is 3.60. The van der Waals surface area contributed by atoms with E-state index < -0.39 is 17.0 Å². The van der Waals surface area contributed by atoms with Crippen LogP contribution in [0.4, 0.5) is 14.6 Å². The summed E-state index contributed by atoms with van der Waals surface area (Å²) in [5.74, 6) is -1.11. The number of nitrogens with zero attached hydrogens (tertiary/aromatic N) is 1. The van der Waals surface area contributed by atoms with Crippen LogP contribution in [0, 0.1) is 17.0 Å². The number of benzene rings is 2. The van der Waals surface area contributed by atoms with Crippen molar-refractivity contribution in [2.75, 3.05) is 5.32 Å². The SMILES string of the molecule is CC1(C(=O)Nc2cc(-c3cc(F)cc(F)c3)[nH]n2)CCc2ccccc2C1. The number of amides is 1. The van der Waals surface area contributed by atoms with Gasteiger partial charge < -0.3 is 5.32 Å². The number of aryl methyl sites for hydroxylation is 1. The van der Waals surface area contributed by atoms with Gasteiger partial charge in [-0.1, -0.05) is 31.2 Å². The number of aromatic nitrogens is 2. The molecule has 4 nitrogen and oxygen atoms in total. The van der Waals surface area contributed by atoms with E-state index >= 15 is 0 Å². The molecule has 0 fully saturated rings. The Balaban J connectivity index is 1.51. The van der Waals surface area contributed by atoms with Crippen molar-refractivity contribution in [3.63, 3.8) is 0 Å². The highest BCUT2D eigenvalue weighted by Crippen LogP contribution is 2.36. The highest BCUT2D eigenvalue weighted by Gasteiger charge is 2.37. The van der Waals surface area contributed by atoms with E-state index in [0.717, 1.165) is 18.9 Å². The van der Waals surface area contributed by atoms with Gasteiger partial charge in [-0.15, -0.1) is 0 Å². The average molecular weight is 367 g/mol. The maximum absolute atomic E-state index is 13.4. The molecule has 0 spiro atoms. The number of fused-ring (bicyclic) bond motifs is 1. The average Bonchev–Trinajstić information content (AvgIpc) is 3.09. The monoisotopic (exact) mass is 367 g/mol. The molecule has 6 heteroatoms. The maximum atomic E-state index is 13.4. The summed E-state index contributed by atoms with van der Waals surface area (Å²) >= 11 is 0.